The van der Waals surface area contributed by atoms with Gasteiger partial charge in [-0.15, -0.1) is 0 Å². The van der Waals surface area contributed by atoms with E-state index in [-0.39, 0.29) is 0 Å². The molecule has 0 saturated carbocycles. The fraction of sp³-hybridized carbons (Fsp3) is 0.0769. The van der Waals surface area contributed by atoms with E-state index in [0.29, 0.717) is 12.1 Å². The predicted molar refractivity (Wildman–Crippen MR) is 62.3 cm³/mol. The lowest BCUT2D eigenvalue weighted by molar-refractivity contribution is 0.994. The highest BCUT2D eigenvalue weighted by atomic mass is 14.7. The number of benzene rings is 1. The fourth-order valence-corrected chi connectivity index (χ4v) is 1.47. The van der Waals surface area contributed by atoms with Gasteiger partial charge in [-0.05, 0) is 24.3 Å². The van der Waals surface area contributed by atoms with E-state index < -0.39 is 0 Å². The fourth-order valence-electron chi connectivity index (χ4n) is 1.47. The molecule has 16 heavy (non-hydrogen) atoms. The first-order valence-corrected chi connectivity index (χ1v) is 5.00. The highest BCUT2D eigenvalue weighted by Gasteiger charge is 2.00. The van der Waals surface area contributed by atoms with Crippen molar-refractivity contribution in [3.8, 4) is 17.3 Å². The summed E-state index contributed by atoms with van der Waals surface area (Å²) in [5, 5.41) is 8.70. The zero-order valence-electron chi connectivity index (χ0n) is 8.72. The van der Waals surface area contributed by atoms with E-state index in [9.17, 15) is 0 Å². The summed E-state index contributed by atoms with van der Waals surface area (Å²) in [6.45, 7) is 0.435. The first-order chi connectivity index (χ1) is 7.83. The van der Waals surface area contributed by atoms with E-state index >= 15 is 0 Å². The van der Waals surface area contributed by atoms with Crippen LogP contribution < -0.4 is 5.73 Å². The molecule has 0 radical (unpaired) electrons. The third kappa shape index (κ3) is 2.08. The minimum absolute atomic E-state index is 0.435. The molecule has 0 fully saturated rings. The average Bonchev–Trinajstić information content (AvgIpc) is 2.39. The molecule has 0 bridgehead atoms. The summed E-state index contributed by atoms with van der Waals surface area (Å²) in [5.74, 6) is 0. The molecular formula is C13H11N3. The van der Waals surface area contributed by atoms with Crippen molar-refractivity contribution in [2.24, 2.45) is 5.73 Å². The van der Waals surface area contributed by atoms with Gasteiger partial charge in [-0.25, -0.2) is 0 Å². The van der Waals surface area contributed by atoms with Crippen LogP contribution in [0.25, 0.3) is 11.3 Å². The molecule has 2 rings (SSSR count). The Hall–Kier alpha value is -2.18. The molecule has 78 valence electrons. The van der Waals surface area contributed by atoms with E-state index in [1.807, 2.05) is 30.3 Å². The minimum atomic E-state index is 0.435. The molecule has 0 unspecified atom stereocenters. The van der Waals surface area contributed by atoms with Crippen LogP contribution >= 0.6 is 0 Å². The van der Waals surface area contributed by atoms with Crippen LogP contribution in [0.2, 0.25) is 0 Å². The highest BCUT2D eigenvalue weighted by Crippen LogP contribution is 2.17. The number of nitrogens with zero attached hydrogens (tertiary/aromatic N) is 2. The third-order valence-electron chi connectivity index (χ3n) is 2.33. The van der Waals surface area contributed by atoms with Crippen LogP contribution in [-0.2, 0) is 6.54 Å². The van der Waals surface area contributed by atoms with Gasteiger partial charge in [0.05, 0.1) is 23.0 Å². The van der Waals surface area contributed by atoms with Crippen molar-refractivity contribution in [1.82, 2.24) is 4.98 Å². The Labute approximate surface area is 94.2 Å². The SMILES string of the molecule is N#Cc1ccc(-c2cccc(CN)n2)cc1. The second-order valence-electron chi connectivity index (χ2n) is 3.41. The third-order valence-corrected chi connectivity index (χ3v) is 2.33. The lowest BCUT2D eigenvalue weighted by Crippen LogP contribution is -1.99. The zero-order valence-corrected chi connectivity index (χ0v) is 8.72. The van der Waals surface area contributed by atoms with E-state index in [1.165, 1.54) is 0 Å². The monoisotopic (exact) mass is 209 g/mol. The minimum Gasteiger partial charge on any atom is -0.325 e. The Balaban J connectivity index is 2.39. The van der Waals surface area contributed by atoms with Gasteiger partial charge in [0, 0.05) is 12.1 Å². The van der Waals surface area contributed by atoms with Crippen LogP contribution in [0.15, 0.2) is 42.5 Å². The van der Waals surface area contributed by atoms with Crippen molar-refractivity contribution >= 4 is 0 Å². The van der Waals surface area contributed by atoms with Gasteiger partial charge < -0.3 is 5.73 Å². The molecule has 1 aromatic carbocycles. The molecule has 1 aromatic heterocycles. The number of rotatable bonds is 2. The first kappa shape index (κ1) is 10.3. The quantitative estimate of drug-likeness (QED) is 0.823. The average molecular weight is 209 g/mol. The van der Waals surface area contributed by atoms with Crippen molar-refractivity contribution in [1.29, 1.82) is 5.26 Å². The van der Waals surface area contributed by atoms with Gasteiger partial charge >= 0.3 is 0 Å². The van der Waals surface area contributed by atoms with Crippen LogP contribution in [0.4, 0.5) is 0 Å². The Morgan fingerprint density at radius 3 is 2.50 bits per heavy atom. The van der Waals surface area contributed by atoms with Gasteiger partial charge in [0.2, 0.25) is 0 Å². The topological polar surface area (TPSA) is 62.7 Å². The molecule has 2 N–H and O–H groups in total. The Morgan fingerprint density at radius 1 is 1.12 bits per heavy atom. The summed E-state index contributed by atoms with van der Waals surface area (Å²) < 4.78 is 0. The Morgan fingerprint density at radius 2 is 1.88 bits per heavy atom. The van der Waals surface area contributed by atoms with Gasteiger partial charge in [0.25, 0.3) is 0 Å². The van der Waals surface area contributed by atoms with Crippen molar-refractivity contribution in [3.05, 3.63) is 53.7 Å². The summed E-state index contributed by atoms with van der Waals surface area (Å²) in [4.78, 5) is 4.41. The van der Waals surface area contributed by atoms with Crippen molar-refractivity contribution in [2.45, 2.75) is 6.54 Å². The number of aromatic nitrogens is 1. The standard InChI is InChI=1S/C13H11N3/c14-8-10-4-6-11(7-5-10)13-3-1-2-12(9-15)16-13/h1-7H,9,15H2. The summed E-state index contributed by atoms with van der Waals surface area (Å²) in [6, 6.07) is 15.2. The van der Waals surface area contributed by atoms with Crippen molar-refractivity contribution in [3.63, 3.8) is 0 Å². The summed E-state index contributed by atoms with van der Waals surface area (Å²) >= 11 is 0. The molecule has 0 saturated heterocycles. The molecular weight excluding hydrogens is 198 g/mol. The highest BCUT2D eigenvalue weighted by molar-refractivity contribution is 5.60. The number of hydrogen-bond acceptors (Lipinski definition) is 3. The molecule has 0 amide bonds. The van der Waals surface area contributed by atoms with Crippen LogP contribution in [0.3, 0.4) is 0 Å². The molecule has 0 aliphatic carbocycles. The maximum absolute atomic E-state index is 8.70. The smallest absolute Gasteiger partial charge is 0.0991 e. The van der Waals surface area contributed by atoms with Gasteiger partial charge in [0.1, 0.15) is 0 Å². The van der Waals surface area contributed by atoms with Crippen molar-refractivity contribution in [2.75, 3.05) is 0 Å². The van der Waals surface area contributed by atoms with Crippen LogP contribution in [-0.4, -0.2) is 4.98 Å². The molecule has 0 atom stereocenters. The summed E-state index contributed by atoms with van der Waals surface area (Å²) in [7, 11) is 0. The van der Waals surface area contributed by atoms with Crippen LogP contribution in [0.5, 0.6) is 0 Å². The van der Waals surface area contributed by atoms with E-state index in [0.717, 1.165) is 17.0 Å². The van der Waals surface area contributed by atoms with E-state index in [4.69, 9.17) is 11.0 Å². The van der Waals surface area contributed by atoms with E-state index in [1.54, 1.807) is 12.1 Å². The number of hydrogen-bond donors (Lipinski definition) is 1. The zero-order chi connectivity index (χ0) is 11.4. The van der Waals surface area contributed by atoms with Crippen LogP contribution in [0, 0.1) is 11.3 Å². The van der Waals surface area contributed by atoms with Crippen molar-refractivity contribution < 1.29 is 0 Å². The molecule has 3 heteroatoms. The van der Waals surface area contributed by atoms with Gasteiger partial charge in [-0.2, -0.15) is 5.26 Å². The summed E-state index contributed by atoms with van der Waals surface area (Å²) in [5.41, 5.74) is 8.93. The molecule has 0 spiro atoms. The molecule has 2 aromatic rings. The Bertz CT molecular complexity index is 524. The lowest BCUT2D eigenvalue weighted by atomic mass is 10.1. The molecule has 3 nitrogen and oxygen atoms in total. The molecule has 0 aliphatic heterocycles. The number of pyridine rings is 1. The van der Waals surface area contributed by atoms with E-state index in [2.05, 4.69) is 11.1 Å². The van der Waals surface area contributed by atoms with Crippen LogP contribution in [0.1, 0.15) is 11.3 Å². The maximum Gasteiger partial charge on any atom is 0.0991 e. The normalized spacial score (nSPS) is 9.75. The largest absolute Gasteiger partial charge is 0.325 e. The second kappa shape index (κ2) is 4.56. The molecule has 1 heterocycles. The maximum atomic E-state index is 8.70. The Kier molecular flexibility index (Phi) is 2.95. The number of nitrogens with two attached hydrogens (primary N) is 1. The van der Waals surface area contributed by atoms with Gasteiger partial charge in [0.15, 0.2) is 0 Å². The first-order valence-electron chi connectivity index (χ1n) is 5.00. The van der Waals surface area contributed by atoms with Gasteiger partial charge in [-0.1, -0.05) is 18.2 Å². The summed E-state index contributed by atoms with van der Waals surface area (Å²) in [6.07, 6.45) is 0. The number of nitriles is 1. The second-order valence-corrected chi connectivity index (χ2v) is 3.41. The van der Waals surface area contributed by atoms with Gasteiger partial charge in [-0.3, -0.25) is 4.98 Å². The molecule has 0 aliphatic rings. The lowest BCUT2D eigenvalue weighted by Gasteiger charge is -2.02. The predicted octanol–water partition coefficient (Wildman–Crippen LogP) is 2.08.